The third-order valence-electron chi connectivity index (χ3n) is 3.28. The molecule has 0 saturated heterocycles. The normalized spacial score (nSPS) is 14.8. The number of benzene rings is 1. The van der Waals surface area contributed by atoms with Crippen LogP contribution in [-0.4, -0.2) is 30.4 Å². The number of nitrogens with zero attached hydrogens (tertiary/aromatic N) is 1. The molecule has 98 valence electrons. The van der Waals surface area contributed by atoms with Crippen molar-refractivity contribution >= 4 is 17.3 Å². The fourth-order valence-electron chi connectivity index (χ4n) is 1.98. The van der Waals surface area contributed by atoms with E-state index in [0.717, 1.165) is 24.7 Å². The molecule has 3 N–H and O–H groups in total. The maximum absolute atomic E-state index is 11.7. The molecule has 0 unspecified atom stereocenters. The van der Waals surface area contributed by atoms with Crippen LogP contribution in [0.4, 0.5) is 11.4 Å². The lowest BCUT2D eigenvalue weighted by Gasteiger charge is -2.14. The van der Waals surface area contributed by atoms with Crippen molar-refractivity contribution in [3.63, 3.8) is 0 Å². The molecule has 4 heteroatoms. The highest BCUT2D eigenvalue weighted by Crippen LogP contribution is 2.25. The molecule has 1 aromatic carbocycles. The smallest absolute Gasteiger partial charge is 0.224 e. The minimum absolute atomic E-state index is 0.0731. The van der Waals surface area contributed by atoms with E-state index >= 15 is 0 Å². The molecule has 1 aliphatic carbocycles. The Kier molecular flexibility index (Phi) is 4.20. The lowest BCUT2D eigenvalue weighted by molar-refractivity contribution is -0.116. The molecular weight excluding hydrogens is 226 g/mol. The second-order valence-electron chi connectivity index (χ2n) is 4.99. The number of carbonyl (C=O) groups excluding carboxylic acids is 1. The summed E-state index contributed by atoms with van der Waals surface area (Å²) in [6, 6.07) is 7.99. The van der Waals surface area contributed by atoms with Crippen LogP contribution in [0.3, 0.4) is 0 Å². The first-order chi connectivity index (χ1) is 8.65. The lowest BCUT2D eigenvalue weighted by atomic mass is 10.2. The molecule has 0 atom stereocenters. The van der Waals surface area contributed by atoms with Crippen LogP contribution in [0.5, 0.6) is 0 Å². The zero-order chi connectivity index (χ0) is 13.0. The van der Waals surface area contributed by atoms with Gasteiger partial charge in [0.15, 0.2) is 0 Å². The number of nitrogen functional groups attached to an aromatic ring is 1. The van der Waals surface area contributed by atoms with E-state index in [1.165, 1.54) is 12.8 Å². The maximum atomic E-state index is 11.7. The van der Waals surface area contributed by atoms with Gasteiger partial charge >= 0.3 is 0 Å². The van der Waals surface area contributed by atoms with Crippen molar-refractivity contribution in [3.05, 3.63) is 24.3 Å². The van der Waals surface area contributed by atoms with E-state index in [0.29, 0.717) is 12.1 Å². The number of nitrogens with one attached hydrogen (secondary N) is 1. The van der Waals surface area contributed by atoms with Gasteiger partial charge < -0.3 is 16.0 Å². The van der Waals surface area contributed by atoms with Crippen LogP contribution < -0.4 is 11.1 Å². The van der Waals surface area contributed by atoms with Gasteiger partial charge in [0.2, 0.25) is 5.91 Å². The van der Waals surface area contributed by atoms with Gasteiger partial charge in [-0.2, -0.15) is 0 Å². The zero-order valence-electron chi connectivity index (χ0n) is 10.9. The Morgan fingerprint density at radius 1 is 1.39 bits per heavy atom. The number of carbonyl (C=O) groups is 1. The second-order valence-corrected chi connectivity index (χ2v) is 4.99. The highest BCUT2D eigenvalue weighted by atomic mass is 16.1. The van der Waals surface area contributed by atoms with E-state index in [1.54, 1.807) is 12.1 Å². The third kappa shape index (κ3) is 4.04. The summed E-state index contributed by atoms with van der Waals surface area (Å²) in [4.78, 5) is 14.0. The summed E-state index contributed by atoms with van der Waals surface area (Å²) in [5.41, 5.74) is 7.10. The van der Waals surface area contributed by atoms with Crippen LogP contribution >= 0.6 is 0 Å². The molecule has 1 amide bonds. The van der Waals surface area contributed by atoms with Gasteiger partial charge in [0, 0.05) is 23.8 Å². The summed E-state index contributed by atoms with van der Waals surface area (Å²) in [7, 11) is 2.13. The highest BCUT2D eigenvalue weighted by molar-refractivity contribution is 5.90. The number of rotatable bonds is 6. The van der Waals surface area contributed by atoms with Crippen LogP contribution in [0.2, 0.25) is 0 Å². The SMILES string of the molecule is CN(CCCC(=O)Nc1ccc(N)cc1)C1CC1. The van der Waals surface area contributed by atoms with E-state index in [2.05, 4.69) is 17.3 Å². The predicted molar refractivity (Wildman–Crippen MR) is 74.4 cm³/mol. The van der Waals surface area contributed by atoms with Gasteiger partial charge in [-0.15, -0.1) is 0 Å². The van der Waals surface area contributed by atoms with Crippen molar-refractivity contribution in [1.29, 1.82) is 0 Å². The Morgan fingerprint density at radius 3 is 2.67 bits per heavy atom. The quantitative estimate of drug-likeness (QED) is 0.757. The van der Waals surface area contributed by atoms with E-state index in [4.69, 9.17) is 5.73 Å². The average Bonchev–Trinajstić information content (AvgIpc) is 3.16. The largest absolute Gasteiger partial charge is 0.399 e. The fourth-order valence-corrected chi connectivity index (χ4v) is 1.98. The first-order valence-electron chi connectivity index (χ1n) is 6.51. The number of amides is 1. The Bertz CT molecular complexity index is 398. The molecule has 1 fully saturated rings. The van der Waals surface area contributed by atoms with E-state index < -0.39 is 0 Å². The number of nitrogens with two attached hydrogens (primary N) is 1. The monoisotopic (exact) mass is 247 g/mol. The first-order valence-corrected chi connectivity index (χ1v) is 6.51. The van der Waals surface area contributed by atoms with E-state index in [9.17, 15) is 4.79 Å². The summed E-state index contributed by atoms with van der Waals surface area (Å²) >= 11 is 0. The maximum Gasteiger partial charge on any atom is 0.224 e. The van der Waals surface area contributed by atoms with Crippen LogP contribution in [0.25, 0.3) is 0 Å². The Morgan fingerprint density at radius 2 is 2.06 bits per heavy atom. The van der Waals surface area contributed by atoms with Gasteiger partial charge in [-0.1, -0.05) is 0 Å². The molecule has 1 aliphatic rings. The molecule has 0 aromatic heterocycles. The molecule has 0 bridgehead atoms. The molecular formula is C14H21N3O. The molecule has 0 aliphatic heterocycles. The van der Waals surface area contributed by atoms with Crippen molar-refractivity contribution < 1.29 is 4.79 Å². The van der Waals surface area contributed by atoms with Gasteiger partial charge in [0.25, 0.3) is 0 Å². The van der Waals surface area contributed by atoms with Gasteiger partial charge in [-0.05, 0) is 57.1 Å². The van der Waals surface area contributed by atoms with Crippen LogP contribution in [-0.2, 0) is 4.79 Å². The lowest BCUT2D eigenvalue weighted by Crippen LogP contribution is -2.23. The molecule has 0 spiro atoms. The minimum atomic E-state index is 0.0731. The van der Waals surface area contributed by atoms with Gasteiger partial charge in [-0.3, -0.25) is 4.79 Å². The highest BCUT2D eigenvalue weighted by Gasteiger charge is 2.25. The van der Waals surface area contributed by atoms with Crippen LogP contribution in [0, 0.1) is 0 Å². The Balaban J connectivity index is 1.66. The average molecular weight is 247 g/mol. The summed E-state index contributed by atoms with van der Waals surface area (Å²) in [6.07, 6.45) is 4.11. The number of hydrogen-bond acceptors (Lipinski definition) is 3. The Hall–Kier alpha value is -1.55. The van der Waals surface area contributed by atoms with E-state index in [1.807, 2.05) is 12.1 Å². The van der Waals surface area contributed by atoms with E-state index in [-0.39, 0.29) is 5.91 Å². The predicted octanol–water partition coefficient (Wildman–Crippen LogP) is 2.08. The third-order valence-corrected chi connectivity index (χ3v) is 3.28. The summed E-state index contributed by atoms with van der Waals surface area (Å²) in [5.74, 6) is 0.0731. The molecule has 4 nitrogen and oxygen atoms in total. The second kappa shape index (κ2) is 5.87. The van der Waals surface area contributed by atoms with Crippen molar-refractivity contribution in [2.75, 3.05) is 24.6 Å². The summed E-state index contributed by atoms with van der Waals surface area (Å²) < 4.78 is 0. The fraction of sp³-hybridized carbons (Fsp3) is 0.500. The van der Waals surface area contributed by atoms with Crippen LogP contribution in [0.1, 0.15) is 25.7 Å². The minimum Gasteiger partial charge on any atom is -0.399 e. The first kappa shape index (κ1) is 12.9. The Labute approximate surface area is 108 Å². The summed E-state index contributed by atoms with van der Waals surface area (Å²) in [5, 5.41) is 2.87. The molecule has 2 rings (SSSR count). The van der Waals surface area contributed by atoms with Crippen molar-refractivity contribution in [2.24, 2.45) is 0 Å². The molecule has 1 aromatic rings. The molecule has 0 radical (unpaired) electrons. The topological polar surface area (TPSA) is 58.4 Å². The molecule has 1 saturated carbocycles. The molecule has 18 heavy (non-hydrogen) atoms. The van der Waals surface area contributed by atoms with Gasteiger partial charge in [0.05, 0.1) is 0 Å². The van der Waals surface area contributed by atoms with Crippen molar-refractivity contribution in [3.8, 4) is 0 Å². The summed E-state index contributed by atoms with van der Waals surface area (Å²) in [6.45, 7) is 1.000. The number of hydrogen-bond donors (Lipinski definition) is 2. The zero-order valence-corrected chi connectivity index (χ0v) is 10.9. The van der Waals surface area contributed by atoms with Crippen LogP contribution in [0.15, 0.2) is 24.3 Å². The molecule has 0 heterocycles. The van der Waals surface area contributed by atoms with Crippen molar-refractivity contribution in [1.82, 2.24) is 4.90 Å². The van der Waals surface area contributed by atoms with Gasteiger partial charge in [0.1, 0.15) is 0 Å². The van der Waals surface area contributed by atoms with Gasteiger partial charge in [-0.25, -0.2) is 0 Å². The number of anilines is 2. The van der Waals surface area contributed by atoms with Crippen molar-refractivity contribution in [2.45, 2.75) is 31.7 Å². The standard InChI is InChI=1S/C14H21N3O/c1-17(13-8-9-13)10-2-3-14(18)16-12-6-4-11(15)5-7-12/h4-7,13H,2-3,8-10,15H2,1H3,(H,16,18).